The van der Waals surface area contributed by atoms with Crippen LogP contribution in [0.4, 0.5) is 0 Å². The Balaban J connectivity index is 2.18. The minimum atomic E-state index is 0.106. The molecular formula is C16H18ClNO2. The standard InChI is InChI=1S/C16H18ClNO2/c1-8(2)19-14-7-11-9(3)5-15(17)18-13(11)6-12(14)16-10(4)20-16/h5-8,10,16H,1-4H3/t10?,16-/m0/s1. The number of rotatable bonds is 3. The summed E-state index contributed by atoms with van der Waals surface area (Å²) in [5.41, 5.74) is 3.06. The summed E-state index contributed by atoms with van der Waals surface area (Å²) < 4.78 is 11.5. The van der Waals surface area contributed by atoms with Crippen molar-refractivity contribution in [2.75, 3.05) is 0 Å². The fraction of sp³-hybridized carbons (Fsp3) is 0.438. The average Bonchev–Trinajstić information content (AvgIpc) is 3.05. The zero-order valence-corrected chi connectivity index (χ0v) is 12.9. The molecule has 4 heteroatoms. The van der Waals surface area contributed by atoms with Gasteiger partial charge in [-0.3, -0.25) is 0 Å². The number of hydrogen-bond acceptors (Lipinski definition) is 3. The summed E-state index contributed by atoms with van der Waals surface area (Å²) in [6.07, 6.45) is 0.470. The van der Waals surface area contributed by atoms with Gasteiger partial charge >= 0.3 is 0 Å². The summed E-state index contributed by atoms with van der Waals surface area (Å²) in [7, 11) is 0. The van der Waals surface area contributed by atoms with Crippen LogP contribution in [0, 0.1) is 6.92 Å². The molecule has 1 fully saturated rings. The van der Waals surface area contributed by atoms with Crippen LogP contribution in [-0.2, 0) is 4.74 Å². The van der Waals surface area contributed by atoms with E-state index in [1.165, 1.54) is 0 Å². The molecule has 1 aromatic carbocycles. The van der Waals surface area contributed by atoms with Gasteiger partial charge in [-0.25, -0.2) is 4.98 Å². The highest BCUT2D eigenvalue weighted by Crippen LogP contribution is 2.44. The number of fused-ring (bicyclic) bond motifs is 1. The van der Waals surface area contributed by atoms with Crippen LogP contribution in [0.1, 0.15) is 38.0 Å². The number of pyridine rings is 1. The van der Waals surface area contributed by atoms with Crippen LogP contribution in [0.25, 0.3) is 10.9 Å². The molecule has 2 heterocycles. The van der Waals surface area contributed by atoms with Crippen LogP contribution < -0.4 is 4.74 Å². The first kappa shape index (κ1) is 13.7. The van der Waals surface area contributed by atoms with Crippen molar-refractivity contribution in [2.45, 2.75) is 46.0 Å². The molecule has 0 aliphatic carbocycles. The van der Waals surface area contributed by atoms with Crippen LogP contribution in [0.3, 0.4) is 0 Å². The maximum absolute atomic E-state index is 6.05. The molecule has 0 N–H and O–H groups in total. The smallest absolute Gasteiger partial charge is 0.130 e. The van der Waals surface area contributed by atoms with Crippen molar-refractivity contribution < 1.29 is 9.47 Å². The largest absolute Gasteiger partial charge is 0.491 e. The summed E-state index contributed by atoms with van der Waals surface area (Å²) in [5.74, 6) is 0.883. The van der Waals surface area contributed by atoms with Crippen LogP contribution >= 0.6 is 11.6 Å². The average molecular weight is 292 g/mol. The maximum Gasteiger partial charge on any atom is 0.130 e. The Morgan fingerprint density at radius 2 is 2.00 bits per heavy atom. The van der Waals surface area contributed by atoms with E-state index in [-0.39, 0.29) is 18.3 Å². The lowest BCUT2D eigenvalue weighted by Crippen LogP contribution is -2.08. The van der Waals surface area contributed by atoms with Crippen LogP contribution in [0.5, 0.6) is 5.75 Å². The van der Waals surface area contributed by atoms with E-state index in [2.05, 4.69) is 18.0 Å². The van der Waals surface area contributed by atoms with E-state index in [0.29, 0.717) is 5.15 Å². The molecule has 20 heavy (non-hydrogen) atoms. The van der Waals surface area contributed by atoms with Crippen LogP contribution in [0.15, 0.2) is 18.2 Å². The Morgan fingerprint density at radius 3 is 2.60 bits per heavy atom. The Bertz CT molecular complexity index is 669. The molecule has 0 spiro atoms. The van der Waals surface area contributed by atoms with Crippen molar-refractivity contribution >= 4 is 22.5 Å². The van der Waals surface area contributed by atoms with E-state index in [0.717, 1.165) is 27.8 Å². The normalized spacial score (nSPS) is 21.5. The van der Waals surface area contributed by atoms with Crippen molar-refractivity contribution in [3.63, 3.8) is 0 Å². The number of benzene rings is 1. The third-order valence-electron chi connectivity index (χ3n) is 3.50. The first-order valence-corrected chi connectivity index (χ1v) is 7.26. The van der Waals surface area contributed by atoms with Gasteiger partial charge < -0.3 is 9.47 Å². The number of hydrogen-bond donors (Lipinski definition) is 0. The van der Waals surface area contributed by atoms with Crippen LogP contribution in [-0.4, -0.2) is 17.2 Å². The first-order valence-electron chi connectivity index (χ1n) is 6.88. The van der Waals surface area contributed by atoms with Crippen molar-refractivity contribution in [1.29, 1.82) is 0 Å². The second-order valence-corrected chi connectivity index (χ2v) is 5.98. The summed E-state index contributed by atoms with van der Waals surface area (Å²) in [6, 6.07) is 5.97. The zero-order chi connectivity index (χ0) is 14.4. The van der Waals surface area contributed by atoms with E-state index in [1.807, 2.05) is 32.9 Å². The lowest BCUT2D eigenvalue weighted by Gasteiger charge is -2.15. The summed E-state index contributed by atoms with van der Waals surface area (Å²) in [6.45, 7) is 8.14. The molecule has 1 unspecified atom stereocenters. The number of nitrogens with zero attached hydrogens (tertiary/aromatic N) is 1. The van der Waals surface area contributed by atoms with Gasteiger partial charge in [0.25, 0.3) is 0 Å². The lowest BCUT2D eigenvalue weighted by molar-refractivity contribution is 0.238. The number of ether oxygens (including phenoxy) is 2. The first-order chi connectivity index (χ1) is 9.45. The topological polar surface area (TPSA) is 34.7 Å². The molecule has 3 nitrogen and oxygen atoms in total. The summed E-state index contributed by atoms with van der Waals surface area (Å²) >= 11 is 6.05. The predicted molar refractivity (Wildman–Crippen MR) is 80.5 cm³/mol. The Kier molecular flexibility index (Phi) is 3.35. The second kappa shape index (κ2) is 4.90. The Labute approximate surface area is 123 Å². The molecule has 2 atom stereocenters. The van der Waals surface area contributed by atoms with E-state index >= 15 is 0 Å². The van der Waals surface area contributed by atoms with E-state index < -0.39 is 0 Å². The molecule has 0 saturated carbocycles. The zero-order valence-electron chi connectivity index (χ0n) is 12.1. The van der Waals surface area contributed by atoms with Gasteiger partial charge in [0, 0.05) is 10.9 Å². The number of aryl methyl sites for hydroxylation is 1. The van der Waals surface area contributed by atoms with Crippen molar-refractivity contribution in [3.05, 3.63) is 34.5 Å². The molecule has 0 amide bonds. The van der Waals surface area contributed by atoms with Gasteiger partial charge in [0.2, 0.25) is 0 Å². The fourth-order valence-corrected chi connectivity index (χ4v) is 2.74. The minimum Gasteiger partial charge on any atom is -0.491 e. The van der Waals surface area contributed by atoms with Gasteiger partial charge in [-0.2, -0.15) is 0 Å². The Morgan fingerprint density at radius 1 is 1.30 bits per heavy atom. The molecule has 1 aliphatic heterocycles. The van der Waals surface area contributed by atoms with Gasteiger partial charge in [-0.15, -0.1) is 0 Å². The summed E-state index contributed by atoms with van der Waals surface area (Å²) in [4.78, 5) is 4.41. The minimum absolute atomic E-state index is 0.106. The lowest BCUT2D eigenvalue weighted by atomic mass is 10.0. The quantitative estimate of drug-likeness (QED) is 0.619. The number of halogens is 1. The van der Waals surface area contributed by atoms with Crippen molar-refractivity contribution in [2.24, 2.45) is 0 Å². The van der Waals surface area contributed by atoms with Gasteiger partial charge in [0.15, 0.2) is 0 Å². The highest BCUT2D eigenvalue weighted by Gasteiger charge is 2.38. The molecule has 2 aromatic rings. The highest BCUT2D eigenvalue weighted by molar-refractivity contribution is 6.29. The molecule has 106 valence electrons. The maximum atomic E-state index is 6.05. The molecule has 0 bridgehead atoms. The number of epoxide rings is 1. The van der Waals surface area contributed by atoms with E-state index in [4.69, 9.17) is 21.1 Å². The molecule has 1 aliphatic rings. The van der Waals surface area contributed by atoms with E-state index in [1.54, 1.807) is 0 Å². The predicted octanol–water partition coefficient (Wildman–Crippen LogP) is 4.44. The SMILES string of the molecule is Cc1cc(Cl)nc2cc([C@H]3OC3C)c(OC(C)C)cc12. The Hall–Kier alpha value is -1.32. The molecule has 0 radical (unpaired) electrons. The van der Waals surface area contributed by atoms with Gasteiger partial charge in [0.05, 0.1) is 17.7 Å². The van der Waals surface area contributed by atoms with E-state index in [9.17, 15) is 0 Å². The molecule has 1 saturated heterocycles. The van der Waals surface area contributed by atoms with Gasteiger partial charge in [-0.05, 0) is 51.5 Å². The number of aromatic nitrogens is 1. The molecular weight excluding hydrogens is 274 g/mol. The van der Waals surface area contributed by atoms with Crippen molar-refractivity contribution in [3.8, 4) is 5.75 Å². The van der Waals surface area contributed by atoms with Crippen LogP contribution in [0.2, 0.25) is 5.15 Å². The second-order valence-electron chi connectivity index (χ2n) is 5.60. The highest BCUT2D eigenvalue weighted by atomic mass is 35.5. The molecule has 3 rings (SSSR count). The van der Waals surface area contributed by atoms with Crippen molar-refractivity contribution in [1.82, 2.24) is 4.98 Å². The summed E-state index contributed by atoms with van der Waals surface area (Å²) in [5, 5.41) is 1.59. The molecule has 1 aromatic heterocycles. The monoisotopic (exact) mass is 291 g/mol. The fourth-order valence-electron chi connectivity index (χ4n) is 2.49. The third kappa shape index (κ3) is 2.48. The van der Waals surface area contributed by atoms with Gasteiger partial charge in [0.1, 0.15) is 17.0 Å². The van der Waals surface area contributed by atoms with Gasteiger partial charge in [-0.1, -0.05) is 11.6 Å². The third-order valence-corrected chi connectivity index (χ3v) is 3.69.